The van der Waals surface area contributed by atoms with E-state index in [1.54, 1.807) is 6.08 Å². The van der Waals surface area contributed by atoms with Gasteiger partial charge in [-0.2, -0.15) is 0 Å². The predicted molar refractivity (Wildman–Crippen MR) is 258 cm³/mol. The van der Waals surface area contributed by atoms with Crippen LogP contribution in [0.2, 0.25) is 0 Å². The fourth-order valence-electron chi connectivity index (χ4n) is 7.24. The summed E-state index contributed by atoms with van der Waals surface area (Å²) in [6.07, 6.45) is 52.0. The quantitative estimate of drug-likeness (QED) is 0.0263. The van der Waals surface area contributed by atoms with Crippen molar-refractivity contribution < 1.29 is 39.8 Å². The van der Waals surface area contributed by atoms with Crippen molar-refractivity contribution in [2.75, 3.05) is 13.2 Å². The minimum absolute atomic E-state index is 0.198. The Morgan fingerprint density at radius 2 is 1.02 bits per heavy atom. The zero-order valence-corrected chi connectivity index (χ0v) is 39.1. The van der Waals surface area contributed by atoms with E-state index in [-0.39, 0.29) is 12.5 Å². The summed E-state index contributed by atoms with van der Waals surface area (Å²) < 4.78 is 11.2. The molecule has 0 aromatic carbocycles. The van der Waals surface area contributed by atoms with E-state index in [1.165, 1.54) is 89.9 Å². The summed E-state index contributed by atoms with van der Waals surface area (Å²) in [6, 6.07) is -0.832. The predicted octanol–water partition coefficient (Wildman–Crippen LogP) is 11.1. The van der Waals surface area contributed by atoms with Crippen molar-refractivity contribution >= 4 is 5.91 Å². The summed E-state index contributed by atoms with van der Waals surface area (Å²) in [7, 11) is 0. The van der Waals surface area contributed by atoms with Crippen LogP contribution in [0.25, 0.3) is 0 Å². The van der Waals surface area contributed by atoms with Crippen molar-refractivity contribution in [1.82, 2.24) is 5.32 Å². The monoisotopic (exact) mass is 870 g/mol. The maximum atomic E-state index is 13.0. The first-order valence-electron chi connectivity index (χ1n) is 24.8. The molecule has 9 heteroatoms. The molecule has 356 valence electrons. The van der Waals surface area contributed by atoms with Gasteiger partial charge in [0.05, 0.1) is 25.4 Å². The highest BCUT2D eigenvalue weighted by Gasteiger charge is 2.44. The van der Waals surface area contributed by atoms with Crippen molar-refractivity contribution in [3.05, 3.63) is 85.1 Å². The number of aliphatic hydroxyl groups excluding tert-OH is 5. The molecule has 1 amide bonds. The molecule has 1 rings (SSSR count). The van der Waals surface area contributed by atoms with Crippen molar-refractivity contribution in [3.8, 4) is 0 Å². The molecule has 1 fully saturated rings. The Bertz CT molecular complexity index is 1240. The maximum absolute atomic E-state index is 13.0. The number of ether oxygens (including phenoxy) is 2. The second-order valence-electron chi connectivity index (χ2n) is 16.9. The molecular weight excluding hydrogens is 779 g/mol. The third kappa shape index (κ3) is 32.1. The minimum Gasteiger partial charge on any atom is -0.394 e. The number of carbonyl (C=O) groups is 1. The molecule has 9 nitrogen and oxygen atoms in total. The number of amides is 1. The molecule has 0 aromatic rings. The fourth-order valence-corrected chi connectivity index (χ4v) is 7.24. The highest BCUT2D eigenvalue weighted by atomic mass is 16.7. The number of unbranched alkanes of at least 4 members (excludes halogenated alkanes) is 18. The first-order chi connectivity index (χ1) is 30.3. The lowest BCUT2D eigenvalue weighted by molar-refractivity contribution is -0.302. The van der Waals surface area contributed by atoms with Gasteiger partial charge in [0.1, 0.15) is 24.4 Å². The second kappa shape index (κ2) is 42.3. The van der Waals surface area contributed by atoms with E-state index in [2.05, 4.69) is 92.1 Å². The van der Waals surface area contributed by atoms with Crippen LogP contribution in [0.3, 0.4) is 0 Å². The molecule has 0 bridgehead atoms. The second-order valence-corrected chi connectivity index (χ2v) is 16.9. The molecule has 1 heterocycles. The van der Waals surface area contributed by atoms with Crippen molar-refractivity contribution in [2.45, 2.75) is 230 Å². The van der Waals surface area contributed by atoms with Crippen LogP contribution in [0.1, 0.15) is 187 Å². The summed E-state index contributed by atoms with van der Waals surface area (Å²) in [6.45, 7) is 3.60. The van der Waals surface area contributed by atoms with Gasteiger partial charge in [0.2, 0.25) is 5.91 Å². The largest absolute Gasteiger partial charge is 0.394 e. The Kier molecular flexibility index (Phi) is 39.2. The zero-order chi connectivity index (χ0) is 45.1. The topological polar surface area (TPSA) is 149 Å². The van der Waals surface area contributed by atoms with Crippen LogP contribution in [0.4, 0.5) is 0 Å². The van der Waals surface area contributed by atoms with Gasteiger partial charge in [-0.1, -0.05) is 182 Å². The lowest BCUT2D eigenvalue weighted by Crippen LogP contribution is -2.60. The molecule has 62 heavy (non-hydrogen) atoms. The smallest absolute Gasteiger partial charge is 0.220 e. The highest BCUT2D eigenvalue weighted by molar-refractivity contribution is 5.76. The molecule has 0 spiro atoms. The summed E-state index contributed by atoms with van der Waals surface area (Å²) in [4.78, 5) is 13.0. The molecule has 7 unspecified atom stereocenters. The Morgan fingerprint density at radius 3 is 1.55 bits per heavy atom. The molecule has 1 saturated heterocycles. The van der Waals surface area contributed by atoms with Crippen LogP contribution in [0.15, 0.2) is 85.1 Å². The van der Waals surface area contributed by atoms with Gasteiger partial charge in [-0.3, -0.25) is 4.79 Å². The lowest BCUT2D eigenvalue weighted by Gasteiger charge is -2.40. The molecule has 0 saturated carbocycles. The zero-order valence-electron chi connectivity index (χ0n) is 39.1. The van der Waals surface area contributed by atoms with Crippen molar-refractivity contribution in [1.29, 1.82) is 0 Å². The highest BCUT2D eigenvalue weighted by Crippen LogP contribution is 2.22. The van der Waals surface area contributed by atoms with E-state index >= 15 is 0 Å². The minimum atomic E-state index is -1.58. The van der Waals surface area contributed by atoms with Gasteiger partial charge in [0, 0.05) is 6.42 Å². The maximum Gasteiger partial charge on any atom is 0.220 e. The number of hydrogen-bond acceptors (Lipinski definition) is 8. The molecule has 0 radical (unpaired) electrons. The molecule has 1 aliphatic rings. The van der Waals surface area contributed by atoms with Gasteiger partial charge in [0.25, 0.3) is 0 Å². The summed E-state index contributed by atoms with van der Waals surface area (Å²) in [5.41, 5.74) is 0. The number of carbonyl (C=O) groups excluding carboxylic acids is 1. The first-order valence-corrected chi connectivity index (χ1v) is 24.8. The average molecular weight is 870 g/mol. The Morgan fingerprint density at radius 1 is 0.565 bits per heavy atom. The van der Waals surface area contributed by atoms with Gasteiger partial charge in [-0.25, -0.2) is 0 Å². The average Bonchev–Trinajstić information content (AvgIpc) is 3.27. The van der Waals surface area contributed by atoms with Gasteiger partial charge >= 0.3 is 0 Å². The van der Waals surface area contributed by atoms with Crippen molar-refractivity contribution in [2.24, 2.45) is 0 Å². The fraction of sp³-hybridized carbons (Fsp3) is 0.717. The van der Waals surface area contributed by atoms with E-state index in [9.17, 15) is 30.3 Å². The summed E-state index contributed by atoms with van der Waals surface area (Å²) in [5, 5.41) is 54.2. The lowest BCUT2D eigenvalue weighted by atomic mass is 9.99. The molecule has 1 aliphatic heterocycles. The van der Waals surface area contributed by atoms with Gasteiger partial charge < -0.3 is 40.3 Å². The van der Waals surface area contributed by atoms with Crippen LogP contribution in [0.5, 0.6) is 0 Å². The van der Waals surface area contributed by atoms with E-state index in [0.29, 0.717) is 6.42 Å². The molecule has 0 aromatic heterocycles. The molecule has 7 atom stereocenters. The van der Waals surface area contributed by atoms with E-state index in [0.717, 1.165) is 77.0 Å². The summed E-state index contributed by atoms with van der Waals surface area (Å²) in [5.74, 6) is -0.198. The standard InChI is InChI=1S/C53H91NO8/c1-3-5-7-9-11-13-15-17-19-20-21-22-23-24-25-26-27-28-29-31-33-35-37-39-41-43-49(57)54-46(45-61-53-52(60)51(59)50(58)48(44-55)62-53)47(56)42-40-38-36-34-32-30-18-16-14-12-10-8-6-4-2/h5,7,11,13-14,16-17,19,21-22,32,34,40,42,46-48,50-53,55-56,58-60H,3-4,6,8-10,12,15,18,20,23-31,33,35-39,41,43-45H2,1-2H3,(H,54,57)/b7-5-,13-11-,16-14+,19-17-,22-21-,34-32+,42-40+. The number of nitrogens with one attached hydrogen (secondary N) is 1. The SMILES string of the molecule is CC/C=C\C/C=C\C/C=C\C/C=C\CCCCCCCCCCCCCCC(=O)NC(COC1OC(CO)C(O)C(O)C1O)C(O)/C=C/CC/C=C/CC/C=C/CCCCCC. The molecule has 6 N–H and O–H groups in total. The van der Waals surface area contributed by atoms with Crippen LogP contribution in [0, 0.1) is 0 Å². The van der Waals surface area contributed by atoms with Crippen LogP contribution in [-0.2, 0) is 14.3 Å². The van der Waals surface area contributed by atoms with E-state index in [1.807, 2.05) is 6.08 Å². The van der Waals surface area contributed by atoms with Gasteiger partial charge in [-0.05, 0) is 83.5 Å². The normalized spacial score (nSPS) is 21.0. The van der Waals surface area contributed by atoms with E-state index < -0.39 is 49.5 Å². The third-order valence-corrected chi connectivity index (χ3v) is 11.2. The molecule has 0 aliphatic carbocycles. The first kappa shape index (κ1) is 57.4. The number of allylic oxidation sites excluding steroid dienone is 13. The van der Waals surface area contributed by atoms with Gasteiger partial charge in [-0.15, -0.1) is 0 Å². The molecular formula is C53H91NO8. The van der Waals surface area contributed by atoms with Crippen molar-refractivity contribution in [3.63, 3.8) is 0 Å². The van der Waals surface area contributed by atoms with Gasteiger partial charge in [0.15, 0.2) is 6.29 Å². The Hall–Kier alpha value is -2.63. The van der Waals surface area contributed by atoms with Crippen LogP contribution < -0.4 is 5.32 Å². The summed E-state index contributed by atoms with van der Waals surface area (Å²) >= 11 is 0. The van der Waals surface area contributed by atoms with Crippen LogP contribution in [-0.4, -0.2) is 87.5 Å². The number of hydrogen-bond donors (Lipinski definition) is 6. The Balaban J connectivity index is 2.29. The van der Waals surface area contributed by atoms with Crippen LogP contribution >= 0.6 is 0 Å². The third-order valence-electron chi connectivity index (χ3n) is 11.2. The Labute approximate surface area is 378 Å². The number of aliphatic hydroxyl groups is 5. The number of rotatable bonds is 40. The van der Waals surface area contributed by atoms with E-state index in [4.69, 9.17) is 9.47 Å².